The molecule has 1 atom stereocenters. The maximum absolute atomic E-state index is 8.85. The monoisotopic (exact) mass is 214 g/mol. The third-order valence-electron chi connectivity index (χ3n) is 2.21. The standard InChI is InChI=1S/C9H14N2O2S/c12-6-8-5-11-9(14-8)10-4-7-2-1-3-13-7/h5,7,12H,1-4,6H2,(H,10,11). The molecule has 1 fully saturated rings. The molecule has 2 rings (SSSR count). The van der Waals surface area contributed by atoms with E-state index in [-0.39, 0.29) is 6.61 Å². The molecule has 2 heterocycles. The van der Waals surface area contributed by atoms with Crippen molar-refractivity contribution >= 4 is 16.5 Å². The van der Waals surface area contributed by atoms with Crippen LogP contribution in [-0.4, -0.2) is 29.3 Å². The van der Waals surface area contributed by atoms with Crippen molar-refractivity contribution in [2.24, 2.45) is 0 Å². The summed E-state index contributed by atoms with van der Waals surface area (Å²) < 4.78 is 5.47. The SMILES string of the molecule is OCc1cnc(NCC2CCCO2)s1. The Morgan fingerprint density at radius 1 is 1.71 bits per heavy atom. The van der Waals surface area contributed by atoms with Crippen LogP contribution in [0.1, 0.15) is 17.7 Å². The highest BCUT2D eigenvalue weighted by Crippen LogP contribution is 2.19. The number of aliphatic hydroxyl groups is 1. The summed E-state index contributed by atoms with van der Waals surface area (Å²) in [6.07, 6.45) is 4.32. The predicted octanol–water partition coefficient (Wildman–Crippen LogP) is 1.23. The zero-order valence-corrected chi connectivity index (χ0v) is 8.72. The molecule has 0 aromatic carbocycles. The second-order valence-electron chi connectivity index (χ2n) is 3.31. The Labute approximate surface area is 86.9 Å². The average molecular weight is 214 g/mol. The maximum atomic E-state index is 8.85. The minimum atomic E-state index is 0.0687. The zero-order valence-electron chi connectivity index (χ0n) is 7.90. The Morgan fingerprint density at radius 2 is 2.64 bits per heavy atom. The van der Waals surface area contributed by atoms with E-state index in [9.17, 15) is 0 Å². The fraction of sp³-hybridized carbons (Fsp3) is 0.667. The average Bonchev–Trinajstić information content (AvgIpc) is 2.86. The summed E-state index contributed by atoms with van der Waals surface area (Å²) in [5.74, 6) is 0. The molecule has 78 valence electrons. The Balaban J connectivity index is 1.79. The molecule has 1 aromatic heterocycles. The van der Waals surface area contributed by atoms with Crippen molar-refractivity contribution in [2.75, 3.05) is 18.5 Å². The van der Waals surface area contributed by atoms with E-state index in [1.165, 1.54) is 11.3 Å². The van der Waals surface area contributed by atoms with Crippen molar-refractivity contribution in [2.45, 2.75) is 25.6 Å². The molecule has 4 nitrogen and oxygen atoms in total. The van der Waals surface area contributed by atoms with Gasteiger partial charge < -0.3 is 15.2 Å². The molecular formula is C9H14N2O2S. The minimum absolute atomic E-state index is 0.0687. The lowest BCUT2D eigenvalue weighted by atomic mass is 10.2. The third-order valence-corrected chi connectivity index (χ3v) is 3.15. The zero-order chi connectivity index (χ0) is 9.80. The van der Waals surface area contributed by atoms with Crippen LogP contribution < -0.4 is 5.32 Å². The molecule has 1 aliphatic rings. The van der Waals surface area contributed by atoms with Gasteiger partial charge in [0.05, 0.1) is 17.6 Å². The minimum Gasteiger partial charge on any atom is -0.391 e. The molecule has 5 heteroatoms. The number of anilines is 1. The topological polar surface area (TPSA) is 54.4 Å². The van der Waals surface area contributed by atoms with Crippen molar-refractivity contribution in [1.82, 2.24) is 4.98 Å². The van der Waals surface area contributed by atoms with Gasteiger partial charge in [0.25, 0.3) is 0 Å². The molecular weight excluding hydrogens is 200 g/mol. The Kier molecular flexibility index (Phi) is 3.34. The number of nitrogens with one attached hydrogen (secondary N) is 1. The second-order valence-corrected chi connectivity index (χ2v) is 4.42. The number of ether oxygens (including phenoxy) is 1. The summed E-state index contributed by atoms with van der Waals surface area (Å²) in [5.41, 5.74) is 0. The molecule has 1 aliphatic heterocycles. The summed E-state index contributed by atoms with van der Waals surface area (Å²) >= 11 is 1.49. The summed E-state index contributed by atoms with van der Waals surface area (Å²) in [7, 11) is 0. The van der Waals surface area contributed by atoms with Crippen LogP contribution in [0.4, 0.5) is 5.13 Å². The summed E-state index contributed by atoms with van der Waals surface area (Å²) in [5, 5.41) is 12.9. The summed E-state index contributed by atoms with van der Waals surface area (Å²) in [4.78, 5) is 5.03. The van der Waals surface area contributed by atoms with Crippen LogP contribution in [0, 0.1) is 0 Å². The highest BCUT2D eigenvalue weighted by molar-refractivity contribution is 7.15. The lowest BCUT2D eigenvalue weighted by Crippen LogP contribution is -2.18. The number of rotatable bonds is 4. The lowest BCUT2D eigenvalue weighted by molar-refractivity contribution is 0.120. The fourth-order valence-electron chi connectivity index (χ4n) is 1.47. The molecule has 0 radical (unpaired) electrons. The van der Waals surface area contributed by atoms with E-state index in [4.69, 9.17) is 9.84 Å². The van der Waals surface area contributed by atoms with Gasteiger partial charge in [-0.05, 0) is 12.8 Å². The van der Waals surface area contributed by atoms with E-state index in [2.05, 4.69) is 10.3 Å². The maximum Gasteiger partial charge on any atom is 0.183 e. The predicted molar refractivity (Wildman–Crippen MR) is 55.5 cm³/mol. The van der Waals surface area contributed by atoms with E-state index in [1.807, 2.05) is 0 Å². The third kappa shape index (κ3) is 2.43. The number of hydrogen-bond acceptors (Lipinski definition) is 5. The van der Waals surface area contributed by atoms with Crippen LogP contribution in [0.25, 0.3) is 0 Å². The van der Waals surface area contributed by atoms with Crippen LogP contribution in [-0.2, 0) is 11.3 Å². The molecule has 0 spiro atoms. The van der Waals surface area contributed by atoms with Gasteiger partial charge >= 0.3 is 0 Å². The largest absolute Gasteiger partial charge is 0.391 e. The molecule has 1 aromatic rings. The van der Waals surface area contributed by atoms with Crippen molar-refractivity contribution < 1.29 is 9.84 Å². The number of thiazole rings is 1. The van der Waals surface area contributed by atoms with E-state index in [0.29, 0.717) is 6.10 Å². The highest BCUT2D eigenvalue weighted by Gasteiger charge is 2.15. The van der Waals surface area contributed by atoms with E-state index in [1.54, 1.807) is 6.20 Å². The van der Waals surface area contributed by atoms with Gasteiger partial charge in [-0.1, -0.05) is 11.3 Å². The first-order valence-electron chi connectivity index (χ1n) is 4.79. The second kappa shape index (κ2) is 4.72. The van der Waals surface area contributed by atoms with E-state index < -0.39 is 0 Å². The number of aliphatic hydroxyl groups excluding tert-OH is 1. The van der Waals surface area contributed by atoms with Gasteiger partial charge in [-0.3, -0.25) is 0 Å². The van der Waals surface area contributed by atoms with Crippen molar-refractivity contribution in [1.29, 1.82) is 0 Å². The first-order chi connectivity index (χ1) is 6.88. The first kappa shape index (κ1) is 9.89. The van der Waals surface area contributed by atoms with Crippen LogP contribution in [0.15, 0.2) is 6.20 Å². The van der Waals surface area contributed by atoms with Gasteiger partial charge in [0.1, 0.15) is 0 Å². The van der Waals surface area contributed by atoms with E-state index >= 15 is 0 Å². The molecule has 0 aliphatic carbocycles. The Hall–Kier alpha value is -0.650. The number of hydrogen-bond donors (Lipinski definition) is 2. The molecule has 1 saturated heterocycles. The Morgan fingerprint density at radius 3 is 3.29 bits per heavy atom. The Bertz CT molecular complexity index is 284. The summed E-state index contributed by atoms with van der Waals surface area (Å²) in [6.45, 7) is 1.77. The molecule has 14 heavy (non-hydrogen) atoms. The van der Waals surface area contributed by atoms with Gasteiger partial charge in [0, 0.05) is 19.3 Å². The molecule has 0 bridgehead atoms. The van der Waals surface area contributed by atoms with Crippen LogP contribution in [0.3, 0.4) is 0 Å². The first-order valence-corrected chi connectivity index (χ1v) is 5.61. The van der Waals surface area contributed by atoms with Crippen LogP contribution in [0.5, 0.6) is 0 Å². The van der Waals surface area contributed by atoms with Crippen molar-refractivity contribution in [3.63, 3.8) is 0 Å². The molecule has 0 saturated carbocycles. The molecule has 0 amide bonds. The fourth-order valence-corrected chi connectivity index (χ4v) is 2.15. The van der Waals surface area contributed by atoms with Crippen molar-refractivity contribution in [3.05, 3.63) is 11.1 Å². The van der Waals surface area contributed by atoms with Gasteiger partial charge in [-0.15, -0.1) is 0 Å². The van der Waals surface area contributed by atoms with Crippen LogP contribution in [0.2, 0.25) is 0 Å². The van der Waals surface area contributed by atoms with Gasteiger partial charge in [-0.25, -0.2) is 4.98 Å². The number of aromatic nitrogens is 1. The molecule has 1 unspecified atom stereocenters. The quantitative estimate of drug-likeness (QED) is 0.791. The van der Waals surface area contributed by atoms with Gasteiger partial charge in [0.2, 0.25) is 0 Å². The molecule has 2 N–H and O–H groups in total. The van der Waals surface area contributed by atoms with Gasteiger partial charge in [-0.2, -0.15) is 0 Å². The van der Waals surface area contributed by atoms with Gasteiger partial charge in [0.15, 0.2) is 5.13 Å². The highest BCUT2D eigenvalue weighted by atomic mass is 32.1. The normalized spacial score (nSPS) is 21.4. The number of nitrogens with zero attached hydrogens (tertiary/aromatic N) is 1. The lowest BCUT2D eigenvalue weighted by Gasteiger charge is -2.08. The van der Waals surface area contributed by atoms with Crippen LogP contribution >= 0.6 is 11.3 Å². The summed E-state index contributed by atoms with van der Waals surface area (Å²) in [6, 6.07) is 0. The van der Waals surface area contributed by atoms with Crippen molar-refractivity contribution in [3.8, 4) is 0 Å². The van der Waals surface area contributed by atoms with E-state index in [0.717, 1.165) is 36.0 Å². The smallest absolute Gasteiger partial charge is 0.183 e.